The van der Waals surface area contributed by atoms with Crippen molar-refractivity contribution in [3.05, 3.63) is 0 Å². The number of nitrogens with two attached hydrogens (primary N) is 1. The molecule has 82 valence electrons. The van der Waals surface area contributed by atoms with Crippen molar-refractivity contribution >= 4 is 11.9 Å². The molecule has 0 aromatic rings. The molecule has 0 aliphatic carbocycles. The van der Waals surface area contributed by atoms with Crippen LogP contribution >= 0.6 is 0 Å². The third-order valence-corrected chi connectivity index (χ3v) is 2.31. The molecule has 0 heterocycles. The predicted molar refractivity (Wildman–Crippen MR) is 52.7 cm³/mol. The van der Waals surface area contributed by atoms with Gasteiger partial charge in [0.1, 0.15) is 6.04 Å². The first-order valence-electron chi connectivity index (χ1n) is 4.61. The van der Waals surface area contributed by atoms with E-state index in [4.69, 9.17) is 10.8 Å². The molecular formula is C9H18N2O3. The van der Waals surface area contributed by atoms with Gasteiger partial charge >= 0.3 is 5.97 Å². The second kappa shape index (κ2) is 5.59. The van der Waals surface area contributed by atoms with E-state index in [2.05, 4.69) is 0 Å². The van der Waals surface area contributed by atoms with E-state index in [0.29, 0.717) is 13.0 Å². The largest absolute Gasteiger partial charge is 0.480 e. The Morgan fingerprint density at radius 3 is 2.29 bits per heavy atom. The van der Waals surface area contributed by atoms with E-state index in [0.717, 1.165) is 0 Å². The van der Waals surface area contributed by atoms with Gasteiger partial charge in [-0.1, -0.05) is 6.92 Å². The molecule has 0 saturated heterocycles. The Kier molecular flexibility index (Phi) is 5.15. The maximum absolute atomic E-state index is 11.6. The lowest BCUT2D eigenvalue weighted by molar-refractivity contribution is -0.149. The highest BCUT2D eigenvalue weighted by atomic mass is 16.4. The maximum atomic E-state index is 11.6. The van der Waals surface area contributed by atoms with Crippen LogP contribution in [0.3, 0.4) is 0 Å². The fourth-order valence-corrected chi connectivity index (χ4v) is 1.08. The zero-order chi connectivity index (χ0) is 11.3. The average Bonchev–Trinajstić information content (AvgIpc) is 2.14. The minimum atomic E-state index is -0.999. The van der Waals surface area contributed by atoms with Gasteiger partial charge in [0.2, 0.25) is 5.91 Å². The Balaban J connectivity index is 4.30. The lowest BCUT2D eigenvalue weighted by Gasteiger charge is -2.24. The van der Waals surface area contributed by atoms with Crippen molar-refractivity contribution in [3.8, 4) is 0 Å². The first-order valence-corrected chi connectivity index (χ1v) is 4.61. The van der Waals surface area contributed by atoms with Crippen LogP contribution in [-0.2, 0) is 9.59 Å². The van der Waals surface area contributed by atoms with Crippen LogP contribution in [-0.4, -0.2) is 41.5 Å². The maximum Gasteiger partial charge on any atom is 0.326 e. The molecule has 0 aliphatic heterocycles. The molecule has 14 heavy (non-hydrogen) atoms. The van der Waals surface area contributed by atoms with E-state index >= 15 is 0 Å². The summed E-state index contributed by atoms with van der Waals surface area (Å²) in [6, 6.07) is -0.789. The Hall–Kier alpha value is -1.10. The number of amides is 1. The van der Waals surface area contributed by atoms with Crippen molar-refractivity contribution in [2.45, 2.75) is 26.3 Å². The molecule has 5 nitrogen and oxygen atoms in total. The quantitative estimate of drug-likeness (QED) is 0.652. The van der Waals surface area contributed by atoms with Gasteiger partial charge in [-0.2, -0.15) is 0 Å². The van der Waals surface area contributed by atoms with E-state index in [-0.39, 0.29) is 11.8 Å². The van der Waals surface area contributed by atoms with Crippen LogP contribution in [0.25, 0.3) is 0 Å². The number of carbonyl (C=O) groups is 2. The van der Waals surface area contributed by atoms with Crippen molar-refractivity contribution in [1.29, 1.82) is 0 Å². The van der Waals surface area contributed by atoms with Crippen molar-refractivity contribution in [3.63, 3.8) is 0 Å². The molecule has 0 fully saturated rings. The molecule has 1 amide bonds. The minimum absolute atomic E-state index is 0.176. The number of hydrogen-bond donors (Lipinski definition) is 2. The number of hydrogen-bond acceptors (Lipinski definition) is 3. The Morgan fingerprint density at radius 1 is 1.43 bits per heavy atom. The van der Waals surface area contributed by atoms with Gasteiger partial charge in [-0.3, -0.25) is 4.79 Å². The number of nitrogens with zero attached hydrogens (tertiary/aromatic N) is 1. The van der Waals surface area contributed by atoms with E-state index < -0.39 is 12.0 Å². The molecule has 2 unspecified atom stereocenters. The fraction of sp³-hybridized carbons (Fsp3) is 0.778. The highest BCUT2D eigenvalue weighted by Crippen LogP contribution is 2.07. The summed E-state index contributed by atoms with van der Waals surface area (Å²) in [4.78, 5) is 23.4. The summed E-state index contributed by atoms with van der Waals surface area (Å²) in [6.45, 7) is 3.66. The van der Waals surface area contributed by atoms with Crippen LogP contribution in [0.4, 0.5) is 0 Å². The van der Waals surface area contributed by atoms with E-state index in [1.807, 2.05) is 0 Å². The molecule has 5 heteroatoms. The van der Waals surface area contributed by atoms with Gasteiger partial charge in [-0.25, -0.2) is 4.79 Å². The normalized spacial score (nSPS) is 14.6. The molecule has 0 spiro atoms. The van der Waals surface area contributed by atoms with Gasteiger partial charge in [-0.15, -0.1) is 0 Å². The standard InChI is InChI=1S/C9H18N2O3/c1-6(4-5-10)8(12)11(3)7(2)9(13)14/h6-7H,4-5,10H2,1-3H3,(H,13,14). The molecule has 0 aromatic heterocycles. The summed E-state index contributed by atoms with van der Waals surface area (Å²) >= 11 is 0. The van der Waals surface area contributed by atoms with Gasteiger partial charge in [-0.05, 0) is 19.9 Å². The second-order valence-corrected chi connectivity index (χ2v) is 3.44. The van der Waals surface area contributed by atoms with Gasteiger partial charge in [0, 0.05) is 13.0 Å². The van der Waals surface area contributed by atoms with Gasteiger partial charge in [0.05, 0.1) is 0 Å². The summed E-state index contributed by atoms with van der Waals surface area (Å²) < 4.78 is 0. The van der Waals surface area contributed by atoms with E-state index in [1.54, 1.807) is 6.92 Å². The van der Waals surface area contributed by atoms with E-state index in [9.17, 15) is 9.59 Å². The molecule has 0 bridgehead atoms. The third kappa shape index (κ3) is 3.33. The summed E-state index contributed by atoms with van der Waals surface area (Å²) in [5.74, 6) is -1.39. The number of carboxylic acids is 1. The highest BCUT2D eigenvalue weighted by Gasteiger charge is 2.24. The molecule has 0 radical (unpaired) electrons. The lowest BCUT2D eigenvalue weighted by atomic mass is 10.1. The van der Waals surface area contributed by atoms with E-state index in [1.165, 1.54) is 18.9 Å². The number of likely N-dealkylation sites (N-methyl/N-ethyl adjacent to an activating group) is 1. The third-order valence-electron chi connectivity index (χ3n) is 2.31. The average molecular weight is 202 g/mol. The van der Waals surface area contributed by atoms with Crippen LogP contribution in [0.2, 0.25) is 0 Å². The molecule has 2 atom stereocenters. The Bertz CT molecular complexity index is 218. The molecule has 0 aliphatic rings. The summed E-state index contributed by atoms with van der Waals surface area (Å²) in [7, 11) is 1.49. The van der Waals surface area contributed by atoms with Crippen molar-refractivity contribution in [2.75, 3.05) is 13.6 Å². The van der Waals surface area contributed by atoms with Crippen molar-refractivity contribution in [1.82, 2.24) is 4.90 Å². The first-order chi connectivity index (χ1) is 6.41. The Labute approximate surface area is 83.9 Å². The molecule has 0 aromatic carbocycles. The molecule has 0 rings (SSSR count). The first kappa shape index (κ1) is 12.9. The smallest absolute Gasteiger partial charge is 0.326 e. The molecular weight excluding hydrogens is 184 g/mol. The van der Waals surface area contributed by atoms with Crippen LogP contribution < -0.4 is 5.73 Å². The summed E-state index contributed by atoms with van der Waals surface area (Å²) in [5.41, 5.74) is 5.32. The number of aliphatic carboxylic acids is 1. The topological polar surface area (TPSA) is 83.6 Å². The zero-order valence-corrected chi connectivity index (χ0v) is 8.86. The van der Waals surface area contributed by atoms with Crippen LogP contribution in [0.5, 0.6) is 0 Å². The summed E-state index contributed by atoms with van der Waals surface area (Å²) in [5, 5.41) is 8.69. The van der Waals surface area contributed by atoms with Gasteiger partial charge in [0.25, 0.3) is 0 Å². The molecule has 0 saturated carbocycles. The second-order valence-electron chi connectivity index (χ2n) is 3.44. The predicted octanol–water partition coefficient (Wildman–Crippen LogP) is -0.0972. The van der Waals surface area contributed by atoms with Crippen molar-refractivity contribution < 1.29 is 14.7 Å². The van der Waals surface area contributed by atoms with Crippen molar-refractivity contribution in [2.24, 2.45) is 11.7 Å². The fourth-order valence-electron chi connectivity index (χ4n) is 1.08. The zero-order valence-electron chi connectivity index (χ0n) is 8.86. The van der Waals surface area contributed by atoms with Crippen LogP contribution in [0.15, 0.2) is 0 Å². The minimum Gasteiger partial charge on any atom is -0.480 e. The SMILES string of the molecule is CC(CCN)C(=O)N(C)C(C)C(=O)O. The number of rotatable bonds is 5. The number of carboxylic acid groups (broad SMARTS) is 1. The number of carbonyl (C=O) groups excluding carboxylic acids is 1. The van der Waals surface area contributed by atoms with Crippen LogP contribution in [0, 0.1) is 5.92 Å². The highest BCUT2D eigenvalue weighted by molar-refractivity contribution is 5.84. The summed E-state index contributed by atoms with van der Waals surface area (Å²) in [6.07, 6.45) is 0.579. The Morgan fingerprint density at radius 2 is 1.93 bits per heavy atom. The molecule has 3 N–H and O–H groups in total. The van der Waals surface area contributed by atoms with Crippen LogP contribution in [0.1, 0.15) is 20.3 Å². The van der Waals surface area contributed by atoms with Gasteiger partial charge in [0.15, 0.2) is 0 Å². The lowest BCUT2D eigenvalue weighted by Crippen LogP contribution is -2.43. The van der Waals surface area contributed by atoms with Gasteiger partial charge < -0.3 is 15.7 Å². The monoisotopic (exact) mass is 202 g/mol.